The number of likely N-dealkylation sites (tertiary alicyclic amines) is 1. The van der Waals surface area contributed by atoms with Gasteiger partial charge < -0.3 is 15.0 Å². The summed E-state index contributed by atoms with van der Waals surface area (Å²) in [6.07, 6.45) is 7.44. The number of amides is 1. The smallest absolute Gasteiger partial charge is 0.274 e. The zero-order valence-electron chi connectivity index (χ0n) is 15.7. The fourth-order valence-electron chi connectivity index (χ4n) is 3.40. The molecule has 0 saturated carbocycles. The van der Waals surface area contributed by atoms with Gasteiger partial charge >= 0.3 is 0 Å². The van der Waals surface area contributed by atoms with E-state index in [0.29, 0.717) is 17.6 Å². The summed E-state index contributed by atoms with van der Waals surface area (Å²) >= 11 is 0. The van der Waals surface area contributed by atoms with E-state index >= 15 is 0 Å². The summed E-state index contributed by atoms with van der Waals surface area (Å²) in [5.74, 6) is 1.29. The van der Waals surface area contributed by atoms with Crippen molar-refractivity contribution in [3.63, 3.8) is 0 Å². The molecular formula is C20H26N4O2. The van der Waals surface area contributed by atoms with Gasteiger partial charge in [-0.3, -0.25) is 4.79 Å². The van der Waals surface area contributed by atoms with Gasteiger partial charge in [0.1, 0.15) is 17.3 Å². The number of benzene rings is 1. The monoisotopic (exact) mass is 354 g/mol. The van der Waals surface area contributed by atoms with Crippen molar-refractivity contribution in [2.45, 2.75) is 45.6 Å². The highest BCUT2D eigenvalue weighted by Crippen LogP contribution is 2.28. The summed E-state index contributed by atoms with van der Waals surface area (Å²) < 4.78 is 5.37. The van der Waals surface area contributed by atoms with E-state index in [9.17, 15) is 4.79 Å². The molecule has 1 aliphatic rings. The molecule has 1 fully saturated rings. The molecule has 1 N–H and O–H groups in total. The van der Waals surface area contributed by atoms with E-state index in [0.717, 1.165) is 42.8 Å². The molecule has 3 rings (SSSR count). The highest BCUT2D eigenvalue weighted by molar-refractivity contribution is 5.92. The van der Waals surface area contributed by atoms with Crippen LogP contribution in [0.15, 0.2) is 30.6 Å². The van der Waals surface area contributed by atoms with Gasteiger partial charge in [0, 0.05) is 12.6 Å². The number of hydrogen-bond acceptors (Lipinski definition) is 5. The van der Waals surface area contributed by atoms with Crippen LogP contribution in [-0.4, -0.2) is 40.5 Å². The summed E-state index contributed by atoms with van der Waals surface area (Å²) in [5, 5.41) is 3.21. The van der Waals surface area contributed by atoms with Gasteiger partial charge in [0.25, 0.3) is 5.91 Å². The van der Waals surface area contributed by atoms with Gasteiger partial charge in [-0.1, -0.05) is 13.0 Å². The van der Waals surface area contributed by atoms with E-state index in [1.165, 1.54) is 6.42 Å². The fraction of sp³-hybridized carbons (Fsp3) is 0.450. The van der Waals surface area contributed by atoms with E-state index < -0.39 is 0 Å². The van der Waals surface area contributed by atoms with E-state index in [4.69, 9.17) is 4.74 Å². The maximum atomic E-state index is 12.8. The van der Waals surface area contributed by atoms with Crippen molar-refractivity contribution in [2.24, 2.45) is 0 Å². The Morgan fingerprint density at radius 2 is 2.15 bits per heavy atom. The fourth-order valence-corrected chi connectivity index (χ4v) is 3.40. The molecule has 6 nitrogen and oxygen atoms in total. The molecule has 2 heterocycles. The number of nitrogens with zero attached hydrogens (tertiary/aromatic N) is 3. The van der Waals surface area contributed by atoms with Crippen molar-refractivity contribution in [2.75, 3.05) is 19.0 Å². The lowest BCUT2D eigenvalue weighted by Gasteiger charge is -2.34. The minimum absolute atomic E-state index is 0.0243. The molecule has 0 bridgehead atoms. The van der Waals surface area contributed by atoms with Crippen LogP contribution in [0.4, 0.5) is 11.5 Å². The molecule has 1 saturated heterocycles. The SMILES string of the molecule is CCC1CCCCN1C(=O)c1cnc(Nc2cc(C)ccc2OC)cn1. The lowest BCUT2D eigenvalue weighted by molar-refractivity contribution is 0.0601. The Morgan fingerprint density at radius 1 is 1.31 bits per heavy atom. The normalized spacial score (nSPS) is 17.0. The summed E-state index contributed by atoms with van der Waals surface area (Å²) in [7, 11) is 1.63. The van der Waals surface area contributed by atoms with Crippen molar-refractivity contribution in [1.82, 2.24) is 14.9 Å². The Hall–Kier alpha value is -2.63. The zero-order valence-corrected chi connectivity index (χ0v) is 15.7. The third-order valence-electron chi connectivity index (χ3n) is 4.85. The van der Waals surface area contributed by atoms with E-state index in [-0.39, 0.29) is 5.91 Å². The van der Waals surface area contributed by atoms with Gasteiger partial charge in [-0.05, 0) is 50.3 Å². The average molecular weight is 354 g/mol. The first-order valence-electron chi connectivity index (χ1n) is 9.17. The summed E-state index contributed by atoms with van der Waals surface area (Å²) in [6, 6.07) is 6.19. The average Bonchev–Trinajstić information content (AvgIpc) is 2.68. The zero-order chi connectivity index (χ0) is 18.5. The molecule has 138 valence electrons. The number of aromatic nitrogens is 2. The highest BCUT2D eigenvalue weighted by atomic mass is 16.5. The second kappa shape index (κ2) is 8.17. The summed E-state index contributed by atoms with van der Waals surface area (Å²) in [5.41, 5.74) is 2.33. The van der Waals surface area contributed by atoms with Gasteiger partial charge in [-0.15, -0.1) is 0 Å². The van der Waals surface area contributed by atoms with Crippen LogP contribution in [0.5, 0.6) is 5.75 Å². The Kier molecular flexibility index (Phi) is 5.71. The number of rotatable bonds is 5. The number of aryl methyl sites for hydroxylation is 1. The van der Waals surface area contributed by atoms with Crippen LogP contribution < -0.4 is 10.1 Å². The Labute approximate surface area is 154 Å². The predicted molar refractivity (Wildman–Crippen MR) is 102 cm³/mol. The number of hydrogen-bond donors (Lipinski definition) is 1. The maximum Gasteiger partial charge on any atom is 0.274 e. The van der Waals surface area contributed by atoms with E-state index in [2.05, 4.69) is 22.2 Å². The highest BCUT2D eigenvalue weighted by Gasteiger charge is 2.27. The molecule has 1 aromatic carbocycles. The molecule has 0 radical (unpaired) electrons. The van der Waals surface area contributed by atoms with Crippen LogP contribution in [-0.2, 0) is 0 Å². The predicted octanol–water partition coefficient (Wildman–Crippen LogP) is 3.94. The van der Waals surface area contributed by atoms with Gasteiger partial charge in [-0.25, -0.2) is 9.97 Å². The first-order valence-corrected chi connectivity index (χ1v) is 9.17. The van der Waals surface area contributed by atoms with Crippen LogP contribution in [0.25, 0.3) is 0 Å². The molecule has 1 amide bonds. The number of ether oxygens (including phenoxy) is 1. The molecule has 0 aliphatic carbocycles. The standard InChI is InChI=1S/C20H26N4O2/c1-4-15-7-5-6-10-24(15)20(25)17-12-22-19(13-21-17)23-16-11-14(2)8-9-18(16)26-3/h8-9,11-13,15H,4-7,10H2,1-3H3,(H,22,23). The molecule has 1 unspecified atom stereocenters. The van der Waals surface area contributed by atoms with Gasteiger partial charge in [-0.2, -0.15) is 0 Å². The lowest BCUT2D eigenvalue weighted by atomic mass is 10.00. The third kappa shape index (κ3) is 3.95. The second-order valence-electron chi connectivity index (χ2n) is 6.67. The van der Waals surface area contributed by atoms with Crippen molar-refractivity contribution >= 4 is 17.4 Å². The van der Waals surface area contributed by atoms with Gasteiger partial charge in [0.15, 0.2) is 0 Å². The first kappa shape index (κ1) is 18.2. The second-order valence-corrected chi connectivity index (χ2v) is 6.67. The van der Waals surface area contributed by atoms with Crippen molar-refractivity contribution in [3.05, 3.63) is 41.9 Å². The number of methoxy groups -OCH3 is 1. The van der Waals surface area contributed by atoms with Crippen LogP contribution in [0, 0.1) is 6.92 Å². The third-order valence-corrected chi connectivity index (χ3v) is 4.85. The molecule has 2 aromatic rings. The molecule has 6 heteroatoms. The molecule has 0 spiro atoms. The molecule has 1 aliphatic heterocycles. The van der Waals surface area contributed by atoms with Gasteiger partial charge in [0.2, 0.25) is 0 Å². The topological polar surface area (TPSA) is 67.4 Å². The number of carbonyl (C=O) groups excluding carboxylic acids is 1. The Morgan fingerprint density at radius 3 is 2.85 bits per heavy atom. The number of piperidine rings is 1. The van der Waals surface area contributed by atoms with Crippen molar-refractivity contribution in [1.29, 1.82) is 0 Å². The molecule has 1 atom stereocenters. The van der Waals surface area contributed by atoms with Crippen LogP contribution in [0.2, 0.25) is 0 Å². The Bertz CT molecular complexity index is 761. The summed E-state index contributed by atoms with van der Waals surface area (Å²) in [6.45, 7) is 4.95. The number of anilines is 2. The maximum absolute atomic E-state index is 12.8. The van der Waals surface area contributed by atoms with Crippen LogP contribution in [0.3, 0.4) is 0 Å². The van der Waals surface area contributed by atoms with Gasteiger partial charge in [0.05, 0.1) is 25.2 Å². The largest absolute Gasteiger partial charge is 0.495 e. The minimum atomic E-state index is -0.0243. The van der Waals surface area contributed by atoms with E-state index in [1.807, 2.05) is 30.0 Å². The minimum Gasteiger partial charge on any atom is -0.495 e. The number of nitrogens with one attached hydrogen (secondary N) is 1. The van der Waals surface area contributed by atoms with Crippen molar-refractivity contribution in [3.8, 4) is 5.75 Å². The number of carbonyl (C=O) groups is 1. The first-order chi connectivity index (χ1) is 12.6. The Balaban J connectivity index is 1.74. The van der Waals surface area contributed by atoms with Crippen molar-refractivity contribution < 1.29 is 9.53 Å². The quantitative estimate of drug-likeness (QED) is 0.881. The molecular weight excluding hydrogens is 328 g/mol. The molecule has 26 heavy (non-hydrogen) atoms. The molecule has 1 aromatic heterocycles. The van der Waals surface area contributed by atoms with Crippen LogP contribution >= 0.6 is 0 Å². The lowest BCUT2D eigenvalue weighted by Crippen LogP contribution is -2.43. The van der Waals surface area contributed by atoms with Crippen LogP contribution in [0.1, 0.15) is 48.7 Å². The summed E-state index contributed by atoms with van der Waals surface area (Å²) in [4.78, 5) is 23.4. The van der Waals surface area contributed by atoms with E-state index in [1.54, 1.807) is 19.5 Å².